The van der Waals surface area contributed by atoms with Gasteiger partial charge >= 0.3 is 6.18 Å². The van der Waals surface area contributed by atoms with Crippen LogP contribution in [0.25, 0.3) is 0 Å². The fourth-order valence-electron chi connectivity index (χ4n) is 2.06. The molecule has 1 N–H and O–H groups in total. The van der Waals surface area contributed by atoms with Gasteiger partial charge in [0.2, 0.25) is 0 Å². The van der Waals surface area contributed by atoms with E-state index >= 15 is 0 Å². The van der Waals surface area contributed by atoms with Crippen LogP contribution in [0.15, 0.2) is 12.1 Å². The van der Waals surface area contributed by atoms with Crippen LogP contribution in [-0.2, 0) is 0 Å². The number of aliphatic hydroxyl groups is 1. The van der Waals surface area contributed by atoms with Crippen LogP contribution >= 0.6 is 23.2 Å². The molecule has 1 aromatic carbocycles. The van der Waals surface area contributed by atoms with E-state index < -0.39 is 36.5 Å². The molecular weight excluding hydrogens is 337 g/mol. The molecule has 21 heavy (non-hydrogen) atoms. The van der Waals surface area contributed by atoms with Crippen LogP contribution < -0.4 is 0 Å². The Bertz CT molecular complexity index is 593. The summed E-state index contributed by atoms with van der Waals surface area (Å²) in [5, 5.41) is 9.04. The predicted molar refractivity (Wildman–Crippen MR) is 67.9 cm³/mol. The first-order chi connectivity index (χ1) is 9.55. The highest BCUT2D eigenvalue weighted by Crippen LogP contribution is 2.38. The predicted octanol–water partition coefficient (Wildman–Crippen LogP) is 3.27. The Labute approximate surface area is 127 Å². The molecule has 0 saturated carbocycles. The van der Waals surface area contributed by atoms with E-state index in [-0.39, 0.29) is 22.2 Å². The second kappa shape index (κ2) is 5.30. The molecule has 116 valence electrons. The summed E-state index contributed by atoms with van der Waals surface area (Å²) < 4.78 is 51.4. The normalized spacial score (nSPS) is 22.7. The van der Waals surface area contributed by atoms with E-state index in [1.54, 1.807) is 0 Å². The van der Waals surface area contributed by atoms with Gasteiger partial charge in [-0.25, -0.2) is 4.39 Å². The molecule has 1 aromatic rings. The van der Waals surface area contributed by atoms with Crippen molar-refractivity contribution < 1.29 is 27.5 Å². The molecule has 1 saturated heterocycles. The van der Waals surface area contributed by atoms with Gasteiger partial charge in [-0.3, -0.25) is 4.79 Å². The highest BCUT2D eigenvalue weighted by Gasteiger charge is 2.57. The van der Waals surface area contributed by atoms with Gasteiger partial charge in [0.1, 0.15) is 5.82 Å². The molecule has 2 rings (SSSR count). The number of halogens is 6. The lowest BCUT2D eigenvalue weighted by atomic mass is 10.0. The van der Waals surface area contributed by atoms with E-state index in [0.29, 0.717) is 0 Å². The zero-order chi connectivity index (χ0) is 16.0. The number of β-amino-alcohol motifs (C(OH)–C–C–N with tert-alkyl or cyclic N) is 1. The number of hydrogen-bond acceptors (Lipinski definition) is 2. The van der Waals surface area contributed by atoms with Crippen LogP contribution in [0.1, 0.15) is 16.8 Å². The number of alkyl halides is 3. The van der Waals surface area contributed by atoms with E-state index in [9.17, 15) is 27.5 Å². The van der Waals surface area contributed by atoms with Gasteiger partial charge in [0.15, 0.2) is 5.60 Å². The third kappa shape index (κ3) is 2.95. The third-order valence-corrected chi connectivity index (χ3v) is 3.91. The van der Waals surface area contributed by atoms with Gasteiger partial charge in [0.05, 0.1) is 22.2 Å². The molecule has 1 aliphatic heterocycles. The quantitative estimate of drug-likeness (QED) is 0.626. The summed E-state index contributed by atoms with van der Waals surface area (Å²) in [5.74, 6) is -1.80. The molecule has 1 heterocycles. The number of likely N-dealkylation sites (tertiary alicyclic amines) is 1. The maximum absolute atomic E-state index is 13.4. The average molecular weight is 346 g/mol. The summed E-state index contributed by atoms with van der Waals surface area (Å²) in [5.41, 5.74) is -3.26. The molecule has 0 spiro atoms. The van der Waals surface area contributed by atoms with Gasteiger partial charge in [0.25, 0.3) is 5.91 Å². The van der Waals surface area contributed by atoms with Crippen molar-refractivity contribution in [2.75, 3.05) is 13.1 Å². The lowest BCUT2D eigenvalue weighted by Crippen LogP contribution is -2.48. The Morgan fingerprint density at radius 2 is 1.90 bits per heavy atom. The summed E-state index contributed by atoms with van der Waals surface area (Å²) >= 11 is 11.2. The van der Waals surface area contributed by atoms with Gasteiger partial charge in [-0.2, -0.15) is 13.2 Å². The summed E-state index contributed by atoms with van der Waals surface area (Å²) in [6.07, 6.45) is -5.49. The number of hydrogen-bond donors (Lipinski definition) is 1. The zero-order valence-electron chi connectivity index (χ0n) is 10.3. The van der Waals surface area contributed by atoms with Crippen molar-refractivity contribution in [3.63, 3.8) is 0 Å². The molecule has 0 unspecified atom stereocenters. The highest BCUT2D eigenvalue weighted by atomic mass is 35.5. The number of carbonyl (C=O) groups is 1. The summed E-state index contributed by atoms with van der Waals surface area (Å²) in [6.45, 7) is -1.23. The second-order valence-corrected chi connectivity index (χ2v) is 5.57. The van der Waals surface area contributed by atoms with E-state index in [1.165, 1.54) is 0 Å². The van der Waals surface area contributed by atoms with Crippen molar-refractivity contribution in [3.8, 4) is 0 Å². The van der Waals surface area contributed by atoms with E-state index in [1.807, 2.05) is 0 Å². The Balaban J connectivity index is 2.25. The first-order valence-corrected chi connectivity index (χ1v) is 6.54. The Kier molecular flexibility index (Phi) is 4.12. The fraction of sp³-hybridized carbons (Fsp3) is 0.417. The topological polar surface area (TPSA) is 40.5 Å². The number of amides is 1. The summed E-state index contributed by atoms with van der Waals surface area (Å²) in [4.78, 5) is 12.9. The lowest BCUT2D eigenvalue weighted by Gasteiger charge is -2.26. The number of rotatable bonds is 1. The third-order valence-electron chi connectivity index (χ3n) is 3.30. The van der Waals surface area contributed by atoms with Crippen LogP contribution in [-0.4, -0.2) is 40.8 Å². The molecule has 0 bridgehead atoms. The van der Waals surface area contributed by atoms with Gasteiger partial charge in [-0.1, -0.05) is 23.2 Å². The number of carbonyl (C=O) groups excluding carboxylic acids is 1. The SMILES string of the molecule is O=C(c1cc(F)c(Cl)cc1Cl)N1CC[C@@](O)(C(F)(F)F)C1. The molecule has 3 nitrogen and oxygen atoms in total. The minimum Gasteiger partial charge on any atom is -0.379 e. The molecule has 9 heteroatoms. The Hall–Kier alpha value is -1.05. The van der Waals surface area contributed by atoms with E-state index in [2.05, 4.69) is 0 Å². The molecule has 0 radical (unpaired) electrons. The van der Waals surface area contributed by atoms with Gasteiger partial charge in [-0.15, -0.1) is 0 Å². The number of nitrogens with zero attached hydrogens (tertiary/aromatic N) is 1. The molecule has 1 fully saturated rings. The molecule has 0 aliphatic carbocycles. The van der Waals surface area contributed by atoms with Crippen molar-refractivity contribution in [3.05, 3.63) is 33.6 Å². The Morgan fingerprint density at radius 3 is 2.43 bits per heavy atom. The minimum atomic E-state index is -4.85. The Morgan fingerprint density at radius 1 is 1.29 bits per heavy atom. The monoisotopic (exact) mass is 345 g/mol. The van der Waals surface area contributed by atoms with Crippen LogP contribution in [0.2, 0.25) is 10.0 Å². The first kappa shape index (κ1) is 16.3. The van der Waals surface area contributed by atoms with Crippen LogP contribution in [0.3, 0.4) is 0 Å². The van der Waals surface area contributed by atoms with E-state index in [0.717, 1.165) is 17.0 Å². The molecular formula is C12H9Cl2F4NO2. The smallest absolute Gasteiger partial charge is 0.379 e. The minimum absolute atomic E-state index is 0.172. The van der Waals surface area contributed by atoms with E-state index in [4.69, 9.17) is 23.2 Å². The molecule has 1 amide bonds. The van der Waals surface area contributed by atoms with Crippen LogP contribution in [0.4, 0.5) is 17.6 Å². The second-order valence-electron chi connectivity index (χ2n) is 4.75. The summed E-state index contributed by atoms with van der Waals surface area (Å²) in [6, 6.07) is 1.76. The lowest BCUT2D eigenvalue weighted by molar-refractivity contribution is -0.253. The van der Waals surface area contributed by atoms with Gasteiger partial charge in [0, 0.05) is 13.0 Å². The highest BCUT2D eigenvalue weighted by molar-refractivity contribution is 6.36. The maximum Gasteiger partial charge on any atom is 0.419 e. The first-order valence-electron chi connectivity index (χ1n) is 5.78. The van der Waals surface area contributed by atoms with Crippen molar-refractivity contribution in [1.29, 1.82) is 0 Å². The van der Waals surface area contributed by atoms with Crippen molar-refractivity contribution in [1.82, 2.24) is 4.90 Å². The number of benzene rings is 1. The van der Waals surface area contributed by atoms with Crippen molar-refractivity contribution >= 4 is 29.1 Å². The average Bonchev–Trinajstić information content (AvgIpc) is 2.76. The fourth-order valence-corrected chi connectivity index (χ4v) is 2.52. The van der Waals surface area contributed by atoms with Gasteiger partial charge < -0.3 is 10.0 Å². The molecule has 1 atom stereocenters. The van der Waals surface area contributed by atoms with Crippen molar-refractivity contribution in [2.45, 2.75) is 18.2 Å². The largest absolute Gasteiger partial charge is 0.419 e. The summed E-state index contributed by atoms with van der Waals surface area (Å²) in [7, 11) is 0. The van der Waals surface area contributed by atoms with Gasteiger partial charge in [-0.05, 0) is 12.1 Å². The van der Waals surface area contributed by atoms with Crippen molar-refractivity contribution in [2.24, 2.45) is 0 Å². The zero-order valence-corrected chi connectivity index (χ0v) is 11.9. The molecule has 0 aromatic heterocycles. The standard InChI is InChI=1S/C12H9Cl2F4NO2/c13-7-4-8(14)9(15)3-6(7)10(20)19-2-1-11(21,5-19)12(16,17)18/h3-4,21H,1-2,5H2/t11-/m0/s1. The maximum atomic E-state index is 13.4. The van der Waals surface area contributed by atoms with Crippen LogP contribution in [0.5, 0.6) is 0 Å². The molecule has 1 aliphatic rings. The van der Waals surface area contributed by atoms with Crippen LogP contribution in [0, 0.1) is 5.82 Å².